The first-order valence-electron chi connectivity index (χ1n) is 4.87. The molecular formula is C11H16N2O2. The van der Waals surface area contributed by atoms with Crippen molar-refractivity contribution in [3.8, 4) is 0 Å². The lowest BCUT2D eigenvalue weighted by Gasteiger charge is -2.13. The first-order valence-corrected chi connectivity index (χ1v) is 4.87. The van der Waals surface area contributed by atoms with Gasteiger partial charge in [-0.2, -0.15) is 0 Å². The van der Waals surface area contributed by atoms with E-state index in [1.54, 1.807) is 7.05 Å². The van der Waals surface area contributed by atoms with Crippen LogP contribution in [0.15, 0.2) is 30.3 Å². The minimum Gasteiger partial charge on any atom is -0.394 e. The first kappa shape index (κ1) is 11.7. The van der Waals surface area contributed by atoms with E-state index in [-0.39, 0.29) is 12.5 Å². The molecule has 0 unspecified atom stereocenters. The third kappa shape index (κ3) is 3.69. The number of aliphatic hydroxyl groups excluding tert-OH is 1. The summed E-state index contributed by atoms with van der Waals surface area (Å²) in [5, 5.41) is 14.3. The second-order valence-electron chi connectivity index (χ2n) is 3.23. The molecule has 1 atom stereocenters. The predicted molar refractivity (Wildman–Crippen MR) is 58.2 cm³/mol. The fourth-order valence-electron chi connectivity index (χ4n) is 1.21. The number of likely N-dealkylation sites (N-methyl/N-ethyl adjacent to an activating group) is 1. The molecule has 0 aliphatic heterocycles. The summed E-state index contributed by atoms with van der Waals surface area (Å²) >= 11 is 0. The second kappa shape index (κ2) is 6.16. The van der Waals surface area contributed by atoms with Gasteiger partial charge in [-0.15, -0.1) is 0 Å². The van der Waals surface area contributed by atoms with Gasteiger partial charge in [-0.25, -0.2) is 0 Å². The summed E-state index contributed by atoms with van der Waals surface area (Å²) < 4.78 is 0. The lowest BCUT2D eigenvalue weighted by molar-refractivity contribution is -0.124. The van der Waals surface area contributed by atoms with Crippen LogP contribution in [0.5, 0.6) is 0 Å². The Morgan fingerprint density at radius 1 is 1.40 bits per heavy atom. The normalized spacial score (nSPS) is 12.1. The van der Waals surface area contributed by atoms with Crippen LogP contribution in [0.2, 0.25) is 0 Å². The maximum atomic E-state index is 11.4. The molecular weight excluding hydrogens is 192 g/mol. The lowest BCUT2D eigenvalue weighted by atomic mass is 10.2. The lowest BCUT2D eigenvalue weighted by Crippen LogP contribution is -2.44. The Hall–Kier alpha value is -1.39. The van der Waals surface area contributed by atoms with Crippen molar-refractivity contribution in [2.24, 2.45) is 0 Å². The molecule has 1 aromatic carbocycles. The van der Waals surface area contributed by atoms with E-state index in [1.807, 2.05) is 30.3 Å². The number of aliphatic hydroxyl groups is 1. The third-order valence-electron chi connectivity index (χ3n) is 2.16. The molecule has 0 bridgehead atoms. The van der Waals surface area contributed by atoms with E-state index in [9.17, 15) is 4.79 Å². The smallest absolute Gasteiger partial charge is 0.239 e. The number of rotatable bonds is 5. The van der Waals surface area contributed by atoms with Crippen LogP contribution in [0.4, 0.5) is 0 Å². The van der Waals surface area contributed by atoms with Crippen LogP contribution in [-0.4, -0.2) is 30.7 Å². The number of amides is 1. The molecule has 0 saturated heterocycles. The van der Waals surface area contributed by atoms with Gasteiger partial charge in [0.25, 0.3) is 0 Å². The summed E-state index contributed by atoms with van der Waals surface area (Å²) in [7, 11) is 1.64. The molecule has 15 heavy (non-hydrogen) atoms. The van der Waals surface area contributed by atoms with E-state index >= 15 is 0 Å². The fourth-order valence-corrected chi connectivity index (χ4v) is 1.21. The number of hydrogen-bond acceptors (Lipinski definition) is 3. The van der Waals surface area contributed by atoms with Crippen LogP contribution in [0, 0.1) is 0 Å². The Morgan fingerprint density at radius 3 is 2.60 bits per heavy atom. The maximum absolute atomic E-state index is 11.4. The molecule has 0 aromatic heterocycles. The minimum atomic E-state index is -0.534. The molecule has 4 nitrogen and oxygen atoms in total. The van der Waals surface area contributed by atoms with Crippen molar-refractivity contribution in [3.63, 3.8) is 0 Å². The van der Waals surface area contributed by atoms with Crippen molar-refractivity contribution in [2.45, 2.75) is 12.6 Å². The number of nitrogens with one attached hydrogen (secondary N) is 2. The van der Waals surface area contributed by atoms with Crippen molar-refractivity contribution in [1.29, 1.82) is 0 Å². The van der Waals surface area contributed by atoms with E-state index in [4.69, 9.17) is 5.11 Å². The second-order valence-corrected chi connectivity index (χ2v) is 3.23. The predicted octanol–water partition coefficient (Wildman–Crippen LogP) is -0.117. The molecule has 1 rings (SSSR count). The summed E-state index contributed by atoms with van der Waals surface area (Å²) in [5.74, 6) is -0.191. The zero-order chi connectivity index (χ0) is 11.1. The number of carbonyl (C=O) groups is 1. The monoisotopic (exact) mass is 208 g/mol. The van der Waals surface area contributed by atoms with Crippen LogP contribution >= 0.6 is 0 Å². The van der Waals surface area contributed by atoms with Gasteiger partial charge < -0.3 is 15.7 Å². The number of hydrogen-bond donors (Lipinski definition) is 3. The topological polar surface area (TPSA) is 61.4 Å². The van der Waals surface area contributed by atoms with Crippen LogP contribution in [0.25, 0.3) is 0 Å². The Kier molecular flexibility index (Phi) is 4.80. The molecule has 0 saturated carbocycles. The highest BCUT2D eigenvalue weighted by atomic mass is 16.3. The van der Waals surface area contributed by atoms with Crippen molar-refractivity contribution >= 4 is 5.91 Å². The first-order chi connectivity index (χ1) is 7.27. The maximum Gasteiger partial charge on any atom is 0.239 e. The summed E-state index contributed by atoms with van der Waals surface area (Å²) in [6, 6.07) is 9.11. The molecule has 1 amide bonds. The average Bonchev–Trinajstić information content (AvgIpc) is 2.29. The van der Waals surface area contributed by atoms with Crippen LogP contribution in [0.3, 0.4) is 0 Å². The van der Waals surface area contributed by atoms with Crippen molar-refractivity contribution in [2.75, 3.05) is 13.7 Å². The Labute approximate surface area is 89.3 Å². The summed E-state index contributed by atoms with van der Waals surface area (Å²) in [4.78, 5) is 11.4. The van der Waals surface area contributed by atoms with Gasteiger partial charge >= 0.3 is 0 Å². The highest BCUT2D eigenvalue weighted by molar-refractivity contribution is 5.81. The van der Waals surface area contributed by atoms with Gasteiger partial charge in [0, 0.05) is 6.54 Å². The fraction of sp³-hybridized carbons (Fsp3) is 0.364. The molecule has 4 heteroatoms. The summed E-state index contributed by atoms with van der Waals surface area (Å²) in [6.07, 6.45) is 0. The van der Waals surface area contributed by atoms with Gasteiger partial charge in [-0.3, -0.25) is 4.79 Å². The standard InChI is InChI=1S/C11H16N2O2/c1-12-10(8-14)11(15)13-7-9-5-3-2-4-6-9/h2-6,10,12,14H,7-8H2,1H3,(H,13,15)/t10-/m1/s1. The van der Waals surface area contributed by atoms with Gasteiger partial charge in [0.15, 0.2) is 0 Å². The van der Waals surface area contributed by atoms with E-state index in [0.717, 1.165) is 5.56 Å². The highest BCUT2D eigenvalue weighted by Gasteiger charge is 2.13. The molecule has 0 heterocycles. The van der Waals surface area contributed by atoms with Crippen LogP contribution in [0.1, 0.15) is 5.56 Å². The van der Waals surface area contributed by atoms with Gasteiger partial charge in [-0.05, 0) is 12.6 Å². The van der Waals surface area contributed by atoms with Crippen molar-refractivity contribution in [1.82, 2.24) is 10.6 Å². The number of carbonyl (C=O) groups excluding carboxylic acids is 1. The highest BCUT2D eigenvalue weighted by Crippen LogP contribution is 1.97. The SMILES string of the molecule is CN[C@H](CO)C(=O)NCc1ccccc1. The zero-order valence-corrected chi connectivity index (χ0v) is 8.73. The minimum absolute atomic E-state index is 0.191. The Balaban J connectivity index is 2.40. The Bertz CT molecular complexity index is 297. The van der Waals surface area contributed by atoms with Crippen molar-refractivity contribution in [3.05, 3.63) is 35.9 Å². The van der Waals surface area contributed by atoms with E-state index in [0.29, 0.717) is 6.54 Å². The average molecular weight is 208 g/mol. The van der Waals surface area contributed by atoms with Gasteiger partial charge in [0.2, 0.25) is 5.91 Å². The molecule has 0 aliphatic rings. The van der Waals surface area contributed by atoms with Crippen LogP contribution < -0.4 is 10.6 Å². The van der Waals surface area contributed by atoms with Gasteiger partial charge in [0.05, 0.1) is 6.61 Å². The summed E-state index contributed by atoms with van der Waals surface area (Å²) in [5.41, 5.74) is 1.04. The van der Waals surface area contributed by atoms with E-state index < -0.39 is 6.04 Å². The van der Waals surface area contributed by atoms with Crippen molar-refractivity contribution < 1.29 is 9.90 Å². The van der Waals surface area contributed by atoms with Crippen LogP contribution in [-0.2, 0) is 11.3 Å². The Morgan fingerprint density at radius 2 is 2.07 bits per heavy atom. The van der Waals surface area contributed by atoms with E-state index in [2.05, 4.69) is 10.6 Å². The van der Waals surface area contributed by atoms with E-state index in [1.165, 1.54) is 0 Å². The molecule has 82 valence electrons. The van der Waals surface area contributed by atoms with Gasteiger partial charge in [0.1, 0.15) is 6.04 Å². The molecule has 0 aliphatic carbocycles. The third-order valence-corrected chi connectivity index (χ3v) is 2.16. The molecule has 1 aromatic rings. The molecule has 0 fully saturated rings. The zero-order valence-electron chi connectivity index (χ0n) is 8.73. The van der Waals surface area contributed by atoms with Gasteiger partial charge in [-0.1, -0.05) is 30.3 Å². The quantitative estimate of drug-likeness (QED) is 0.632. The molecule has 0 spiro atoms. The molecule has 3 N–H and O–H groups in total. The number of benzene rings is 1. The molecule has 0 radical (unpaired) electrons. The summed E-state index contributed by atoms with van der Waals surface area (Å²) in [6.45, 7) is 0.287. The largest absolute Gasteiger partial charge is 0.394 e.